The molecule has 21 heavy (non-hydrogen) atoms. The van der Waals surface area contributed by atoms with E-state index < -0.39 is 5.60 Å². The van der Waals surface area contributed by atoms with E-state index in [1.807, 2.05) is 43.4 Å². The van der Waals surface area contributed by atoms with Gasteiger partial charge < -0.3 is 14.6 Å². The first-order valence-corrected chi connectivity index (χ1v) is 8.03. The Balaban J connectivity index is 1.78. The van der Waals surface area contributed by atoms with E-state index in [2.05, 4.69) is 9.97 Å². The van der Waals surface area contributed by atoms with E-state index in [1.165, 1.54) is 0 Å². The molecule has 2 bridgehead atoms. The van der Waals surface area contributed by atoms with Crippen LogP contribution in [0, 0.1) is 3.57 Å². The average molecular weight is 403 g/mol. The van der Waals surface area contributed by atoms with Crippen LogP contribution in [0.3, 0.4) is 0 Å². The van der Waals surface area contributed by atoms with E-state index in [1.54, 1.807) is 11.1 Å². The Labute approximate surface area is 136 Å². The minimum Gasteiger partial charge on any atom is -0.444 e. The van der Waals surface area contributed by atoms with Crippen molar-refractivity contribution in [3.8, 4) is 0 Å². The maximum atomic E-state index is 12.2. The monoisotopic (exact) mass is 403 g/mol. The van der Waals surface area contributed by atoms with Gasteiger partial charge in [0.05, 0.1) is 8.99 Å². The van der Waals surface area contributed by atoms with Crippen molar-refractivity contribution in [3.63, 3.8) is 0 Å². The number of rotatable bonds is 1. The summed E-state index contributed by atoms with van der Waals surface area (Å²) < 4.78 is 6.01. The third kappa shape index (κ3) is 2.56. The Morgan fingerprint density at radius 3 is 2.76 bits per heavy atom. The minimum atomic E-state index is -0.493. The molecule has 2 saturated heterocycles. The standard InChI is InChI=1S/C14H18IN3O3/c1-13(2,3)21-12(20)18-7-14(4-8(18)5-14)11-16-6-9(15)10(19)17-11/h6,8H,4-5,7H2,1-3H3,(H,16,17,19). The summed E-state index contributed by atoms with van der Waals surface area (Å²) in [5.74, 6) is 0.690. The molecule has 7 heteroatoms. The number of fused-ring (bicyclic) bond motifs is 1. The second kappa shape index (κ2) is 4.69. The third-order valence-corrected chi connectivity index (χ3v) is 4.82. The summed E-state index contributed by atoms with van der Waals surface area (Å²) in [6.07, 6.45) is 3.00. The zero-order valence-electron chi connectivity index (χ0n) is 12.3. The molecule has 0 aromatic carbocycles. The number of aromatic amines is 1. The number of H-pyrrole nitrogens is 1. The van der Waals surface area contributed by atoms with Crippen LogP contribution in [-0.2, 0) is 10.2 Å². The van der Waals surface area contributed by atoms with Crippen molar-refractivity contribution in [3.05, 3.63) is 25.9 Å². The fourth-order valence-electron chi connectivity index (χ4n) is 3.10. The van der Waals surface area contributed by atoms with Crippen molar-refractivity contribution in [2.24, 2.45) is 0 Å². The lowest BCUT2D eigenvalue weighted by molar-refractivity contribution is 0.0246. The molecule has 3 heterocycles. The highest BCUT2D eigenvalue weighted by Crippen LogP contribution is 2.52. The Bertz CT molecular complexity index is 644. The lowest BCUT2D eigenvalue weighted by Crippen LogP contribution is -2.41. The number of nitrogens with zero attached hydrogens (tertiary/aromatic N) is 2. The summed E-state index contributed by atoms with van der Waals surface area (Å²) in [7, 11) is 0. The topological polar surface area (TPSA) is 75.3 Å². The van der Waals surface area contributed by atoms with Crippen molar-refractivity contribution in [1.82, 2.24) is 14.9 Å². The van der Waals surface area contributed by atoms with Gasteiger partial charge in [0.25, 0.3) is 5.56 Å². The predicted molar refractivity (Wildman–Crippen MR) is 85.2 cm³/mol. The molecule has 2 aliphatic heterocycles. The van der Waals surface area contributed by atoms with E-state index in [4.69, 9.17) is 4.74 Å². The van der Waals surface area contributed by atoms with Gasteiger partial charge >= 0.3 is 6.09 Å². The van der Waals surface area contributed by atoms with Crippen LogP contribution >= 0.6 is 22.6 Å². The second-order valence-corrected chi connectivity index (χ2v) is 8.02. The van der Waals surface area contributed by atoms with Gasteiger partial charge in [-0.25, -0.2) is 9.78 Å². The van der Waals surface area contributed by atoms with Crippen LogP contribution in [0.2, 0.25) is 0 Å². The first kappa shape index (κ1) is 14.8. The van der Waals surface area contributed by atoms with E-state index in [-0.39, 0.29) is 23.1 Å². The highest BCUT2D eigenvalue weighted by molar-refractivity contribution is 14.1. The average Bonchev–Trinajstić information content (AvgIpc) is 2.86. The van der Waals surface area contributed by atoms with Gasteiger partial charge in [0.2, 0.25) is 0 Å². The van der Waals surface area contributed by atoms with Crippen LogP contribution in [0.1, 0.15) is 39.4 Å². The molecule has 3 fully saturated rings. The summed E-state index contributed by atoms with van der Waals surface area (Å²) in [6.45, 7) is 6.15. The van der Waals surface area contributed by atoms with E-state index in [0.717, 1.165) is 12.8 Å². The van der Waals surface area contributed by atoms with Crippen molar-refractivity contribution < 1.29 is 9.53 Å². The van der Waals surface area contributed by atoms with Crippen LogP contribution in [0.15, 0.2) is 11.0 Å². The number of carbonyl (C=O) groups excluding carboxylic acids is 1. The molecule has 4 rings (SSSR count). The zero-order chi connectivity index (χ0) is 15.4. The van der Waals surface area contributed by atoms with E-state index in [0.29, 0.717) is 15.9 Å². The van der Waals surface area contributed by atoms with Gasteiger partial charge in [-0.05, 0) is 56.2 Å². The molecule has 0 radical (unpaired) electrons. The Morgan fingerprint density at radius 2 is 2.19 bits per heavy atom. The van der Waals surface area contributed by atoms with Crippen molar-refractivity contribution in [2.75, 3.05) is 6.54 Å². The number of halogens is 1. The highest BCUT2D eigenvalue weighted by atomic mass is 127. The third-order valence-electron chi connectivity index (χ3n) is 4.05. The van der Waals surface area contributed by atoms with Crippen molar-refractivity contribution in [2.45, 2.75) is 50.7 Å². The van der Waals surface area contributed by atoms with Gasteiger partial charge in [-0.2, -0.15) is 0 Å². The van der Waals surface area contributed by atoms with Crippen LogP contribution in [0.5, 0.6) is 0 Å². The quantitative estimate of drug-likeness (QED) is 0.729. The molecule has 3 aliphatic rings. The smallest absolute Gasteiger partial charge is 0.410 e. The van der Waals surface area contributed by atoms with Gasteiger partial charge in [0.1, 0.15) is 11.4 Å². The Kier molecular flexibility index (Phi) is 3.30. The molecule has 1 saturated carbocycles. The number of ether oxygens (including phenoxy) is 1. The van der Waals surface area contributed by atoms with Crippen LogP contribution < -0.4 is 5.56 Å². The van der Waals surface area contributed by atoms with Crippen molar-refractivity contribution in [1.29, 1.82) is 0 Å². The predicted octanol–water partition coefficient (Wildman–Crippen LogP) is 2.03. The van der Waals surface area contributed by atoms with Crippen LogP contribution in [-0.4, -0.2) is 39.1 Å². The lowest BCUT2D eigenvalue weighted by Gasteiger charge is -2.35. The summed E-state index contributed by atoms with van der Waals surface area (Å²) in [4.78, 5) is 32.9. The van der Waals surface area contributed by atoms with Gasteiger partial charge in [0, 0.05) is 18.8 Å². The largest absolute Gasteiger partial charge is 0.444 e. The SMILES string of the molecule is CC(C)(C)OC(=O)N1CC2(c3ncc(I)c(=O)[nH]3)CC1C2. The molecule has 0 spiro atoms. The molecule has 6 nitrogen and oxygen atoms in total. The maximum absolute atomic E-state index is 12.2. The Morgan fingerprint density at radius 1 is 1.52 bits per heavy atom. The number of aromatic nitrogens is 2. The van der Waals surface area contributed by atoms with Crippen molar-refractivity contribution >= 4 is 28.7 Å². The molecule has 1 aliphatic carbocycles. The molecule has 1 aromatic rings. The Hall–Kier alpha value is -1.12. The molecule has 0 atom stereocenters. The summed E-state index contributed by atoms with van der Waals surface area (Å²) in [6, 6.07) is 0.199. The number of nitrogens with one attached hydrogen (secondary N) is 1. The number of carbonyl (C=O) groups is 1. The normalized spacial score (nSPS) is 27.4. The zero-order valence-corrected chi connectivity index (χ0v) is 14.4. The minimum absolute atomic E-state index is 0.117. The molecule has 1 N–H and O–H groups in total. The lowest BCUT2D eigenvalue weighted by atomic mass is 9.69. The fraction of sp³-hybridized carbons (Fsp3) is 0.643. The highest BCUT2D eigenvalue weighted by Gasteiger charge is 2.59. The summed E-state index contributed by atoms with van der Waals surface area (Å²) in [5, 5.41) is 0. The van der Waals surface area contributed by atoms with E-state index in [9.17, 15) is 9.59 Å². The first-order chi connectivity index (χ1) is 9.70. The molecular formula is C14H18IN3O3. The van der Waals surface area contributed by atoms with Gasteiger partial charge in [-0.3, -0.25) is 4.79 Å². The second-order valence-electron chi connectivity index (χ2n) is 6.86. The maximum Gasteiger partial charge on any atom is 0.410 e. The van der Waals surface area contributed by atoms with Crippen LogP contribution in [0.25, 0.3) is 0 Å². The fourth-order valence-corrected chi connectivity index (χ4v) is 3.37. The molecule has 114 valence electrons. The van der Waals surface area contributed by atoms with E-state index >= 15 is 0 Å². The van der Waals surface area contributed by atoms with Gasteiger partial charge in [-0.1, -0.05) is 0 Å². The van der Waals surface area contributed by atoms with Gasteiger partial charge in [0.15, 0.2) is 0 Å². The number of amides is 1. The molecular weight excluding hydrogens is 385 g/mol. The van der Waals surface area contributed by atoms with Crippen LogP contribution in [0.4, 0.5) is 4.79 Å². The first-order valence-electron chi connectivity index (χ1n) is 6.95. The molecule has 1 amide bonds. The summed E-state index contributed by atoms with van der Waals surface area (Å²) in [5.41, 5.74) is -0.813. The molecule has 1 aromatic heterocycles. The summed E-state index contributed by atoms with van der Waals surface area (Å²) >= 11 is 1.96. The number of hydrogen-bond donors (Lipinski definition) is 1. The number of hydrogen-bond acceptors (Lipinski definition) is 4. The van der Waals surface area contributed by atoms with Gasteiger partial charge in [-0.15, -0.1) is 0 Å². The molecule has 0 unspecified atom stereocenters.